The molecule has 0 radical (unpaired) electrons. The minimum atomic E-state index is -0.0906. The van der Waals surface area contributed by atoms with E-state index >= 15 is 0 Å². The molecule has 2 amide bonds. The summed E-state index contributed by atoms with van der Waals surface area (Å²) in [5.74, 6) is 0.243. The first-order valence-electron chi connectivity index (χ1n) is 6.26. The van der Waals surface area contributed by atoms with Crippen LogP contribution in [0.15, 0.2) is 12.3 Å². The molecule has 1 heterocycles. The molecule has 0 spiro atoms. The maximum Gasteiger partial charge on any atom is 0.316 e. The molecule has 1 aliphatic carbocycles. The van der Waals surface area contributed by atoms with Gasteiger partial charge in [0, 0.05) is 51.1 Å². The molecule has 0 bridgehead atoms. The summed E-state index contributed by atoms with van der Waals surface area (Å²) < 4.78 is 2.07. The molecule has 0 aliphatic heterocycles. The summed E-state index contributed by atoms with van der Waals surface area (Å²) in [4.78, 5) is 24.6. The summed E-state index contributed by atoms with van der Waals surface area (Å²) in [7, 11) is 3.43. The summed E-state index contributed by atoms with van der Waals surface area (Å²) in [6, 6.07) is 1.80. The van der Waals surface area contributed by atoms with Gasteiger partial charge in [0.1, 0.15) is 0 Å². The second-order valence-electron chi connectivity index (χ2n) is 4.77. The molecular formula is C13H19N3O2. The number of carbonyl (C=O) groups is 2. The fourth-order valence-electron chi connectivity index (χ4n) is 2.24. The van der Waals surface area contributed by atoms with Crippen LogP contribution < -0.4 is 5.32 Å². The van der Waals surface area contributed by atoms with Crippen molar-refractivity contribution in [2.24, 2.45) is 0 Å². The first-order chi connectivity index (χ1) is 8.59. The Morgan fingerprint density at radius 3 is 2.94 bits per heavy atom. The van der Waals surface area contributed by atoms with Gasteiger partial charge in [-0.3, -0.25) is 4.79 Å². The molecule has 98 valence electrons. The van der Waals surface area contributed by atoms with Crippen LogP contribution in [0.5, 0.6) is 0 Å². The summed E-state index contributed by atoms with van der Waals surface area (Å²) >= 11 is 0. The molecule has 2 rings (SSSR count). The number of nitrogens with zero attached hydrogens (tertiary/aromatic N) is 2. The smallest absolute Gasteiger partial charge is 0.316 e. The van der Waals surface area contributed by atoms with Crippen molar-refractivity contribution < 1.29 is 9.59 Å². The van der Waals surface area contributed by atoms with E-state index in [0.717, 1.165) is 24.1 Å². The van der Waals surface area contributed by atoms with Crippen molar-refractivity contribution in [2.45, 2.75) is 25.8 Å². The Labute approximate surface area is 107 Å². The molecule has 5 heteroatoms. The quantitative estimate of drug-likeness (QED) is 0.877. The van der Waals surface area contributed by atoms with Crippen LogP contribution in [0.25, 0.3) is 0 Å². The van der Waals surface area contributed by atoms with Gasteiger partial charge in [-0.1, -0.05) is 0 Å². The van der Waals surface area contributed by atoms with Crippen molar-refractivity contribution in [2.75, 3.05) is 20.6 Å². The molecular weight excluding hydrogens is 230 g/mol. The van der Waals surface area contributed by atoms with E-state index in [1.54, 1.807) is 14.1 Å². The average Bonchev–Trinajstić information content (AvgIpc) is 2.74. The standard InChI is InChI=1S/C13H19N3O2/c1-15(2)13(18)14-7-9-16-8-6-10-11(16)4-3-5-12(10)17/h6,8H,3-5,7,9H2,1-2H3,(H,14,18). The maximum atomic E-state index is 11.7. The average molecular weight is 249 g/mol. The topological polar surface area (TPSA) is 54.3 Å². The lowest BCUT2D eigenvalue weighted by Crippen LogP contribution is -2.36. The van der Waals surface area contributed by atoms with Crippen LogP contribution in [0.3, 0.4) is 0 Å². The van der Waals surface area contributed by atoms with Crippen LogP contribution in [0, 0.1) is 0 Å². The molecule has 5 nitrogen and oxygen atoms in total. The Bertz CT molecular complexity index is 463. The molecule has 1 N–H and O–H groups in total. The normalized spacial score (nSPS) is 14.2. The molecule has 1 aromatic heterocycles. The van der Waals surface area contributed by atoms with Gasteiger partial charge in [-0.15, -0.1) is 0 Å². The fraction of sp³-hybridized carbons (Fsp3) is 0.538. The van der Waals surface area contributed by atoms with Crippen LogP contribution in [-0.4, -0.2) is 41.9 Å². The zero-order valence-electron chi connectivity index (χ0n) is 10.9. The number of Topliss-reactive ketones (excluding diaryl/α,β-unsaturated/α-hetero) is 1. The zero-order valence-corrected chi connectivity index (χ0v) is 10.9. The minimum absolute atomic E-state index is 0.0906. The highest BCUT2D eigenvalue weighted by molar-refractivity contribution is 5.98. The molecule has 1 aliphatic rings. The van der Waals surface area contributed by atoms with Gasteiger partial charge in [-0.25, -0.2) is 4.79 Å². The van der Waals surface area contributed by atoms with Gasteiger partial charge in [-0.05, 0) is 18.9 Å². The first kappa shape index (κ1) is 12.7. The number of nitrogens with one attached hydrogen (secondary N) is 1. The SMILES string of the molecule is CN(C)C(=O)NCCn1ccc2c1CCCC2=O. The number of hydrogen-bond acceptors (Lipinski definition) is 2. The minimum Gasteiger partial charge on any atom is -0.349 e. The van der Waals surface area contributed by atoms with E-state index < -0.39 is 0 Å². The van der Waals surface area contributed by atoms with Gasteiger partial charge in [0.2, 0.25) is 0 Å². The van der Waals surface area contributed by atoms with Crippen molar-refractivity contribution in [3.05, 3.63) is 23.5 Å². The third-order valence-corrected chi connectivity index (χ3v) is 3.23. The van der Waals surface area contributed by atoms with Gasteiger partial charge in [-0.2, -0.15) is 0 Å². The Morgan fingerprint density at radius 1 is 1.44 bits per heavy atom. The van der Waals surface area contributed by atoms with Gasteiger partial charge in [0.05, 0.1) is 0 Å². The zero-order chi connectivity index (χ0) is 13.1. The molecule has 0 fully saturated rings. The van der Waals surface area contributed by atoms with Crippen molar-refractivity contribution in [1.82, 2.24) is 14.8 Å². The molecule has 0 aromatic carbocycles. The van der Waals surface area contributed by atoms with E-state index in [9.17, 15) is 9.59 Å². The van der Waals surface area contributed by atoms with Crippen LogP contribution in [0.1, 0.15) is 28.9 Å². The summed E-state index contributed by atoms with van der Waals surface area (Å²) in [5.41, 5.74) is 1.98. The van der Waals surface area contributed by atoms with E-state index in [4.69, 9.17) is 0 Å². The number of ketones is 1. The molecule has 0 atom stereocenters. The number of carbonyl (C=O) groups excluding carboxylic acids is 2. The van der Waals surface area contributed by atoms with Gasteiger partial charge < -0.3 is 14.8 Å². The van der Waals surface area contributed by atoms with Gasteiger partial charge in [0.15, 0.2) is 5.78 Å². The van der Waals surface area contributed by atoms with E-state index in [1.807, 2.05) is 12.3 Å². The third kappa shape index (κ3) is 2.55. The van der Waals surface area contributed by atoms with Crippen molar-refractivity contribution >= 4 is 11.8 Å². The Kier molecular flexibility index (Phi) is 3.69. The lowest BCUT2D eigenvalue weighted by atomic mass is 9.97. The highest BCUT2D eigenvalue weighted by atomic mass is 16.2. The maximum absolute atomic E-state index is 11.7. The van der Waals surface area contributed by atoms with Crippen molar-refractivity contribution in [1.29, 1.82) is 0 Å². The first-order valence-corrected chi connectivity index (χ1v) is 6.26. The Balaban J connectivity index is 1.95. The van der Waals surface area contributed by atoms with Crippen molar-refractivity contribution in [3.8, 4) is 0 Å². The molecule has 18 heavy (non-hydrogen) atoms. The molecule has 1 aromatic rings. The Morgan fingerprint density at radius 2 is 2.22 bits per heavy atom. The second-order valence-corrected chi connectivity index (χ2v) is 4.77. The molecule has 0 unspecified atom stereocenters. The number of rotatable bonds is 3. The van der Waals surface area contributed by atoms with E-state index in [0.29, 0.717) is 19.5 Å². The predicted molar refractivity (Wildman–Crippen MR) is 68.8 cm³/mol. The lowest BCUT2D eigenvalue weighted by molar-refractivity contribution is 0.0971. The van der Waals surface area contributed by atoms with Crippen molar-refractivity contribution in [3.63, 3.8) is 0 Å². The van der Waals surface area contributed by atoms with E-state index in [-0.39, 0.29) is 11.8 Å². The van der Waals surface area contributed by atoms with Gasteiger partial charge in [0.25, 0.3) is 0 Å². The van der Waals surface area contributed by atoms with Crippen LogP contribution >= 0.6 is 0 Å². The number of hydrogen-bond donors (Lipinski definition) is 1. The molecule has 0 saturated heterocycles. The number of amides is 2. The third-order valence-electron chi connectivity index (χ3n) is 3.23. The van der Waals surface area contributed by atoms with E-state index in [2.05, 4.69) is 9.88 Å². The lowest BCUT2D eigenvalue weighted by Gasteiger charge is -2.16. The summed E-state index contributed by atoms with van der Waals surface area (Å²) in [6.45, 7) is 1.29. The second kappa shape index (κ2) is 5.25. The monoisotopic (exact) mass is 249 g/mol. The summed E-state index contributed by atoms with van der Waals surface area (Å²) in [5, 5.41) is 2.82. The van der Waals surface area contributed by atoms with Crippen LogP contribution in [-0.2, 0) is 13.0 Å². The highest BCUT2D eigenvalue weighted by Crippen LogP contribution is 2.21. The number of aromatic nitrogens is 1. The largest absolute Gasteiger partial charge is 0.349 e. The fourth-order valence-corrected chi connectivity index (χ4v) is 2.24. The van der Waals surface area contributed by atoms with E-state index in [1.165, 1.54) is 4.90 Å². The number of urea groups is 1. The Hall–Kier alpha value is -1.78. The highest BCUT2D eigenvalue weighted by Gasteiger charge is 2.20. The van der Waals surface area contributed by atoms with Crippen LogP contribution in [0.4, 0.5) is 4.79 Å². The number of fused-ring (bicyclic) bond motifs is 1. The van der Waals surface area contributed by atoms with Gasteiger partial charge >= 0.3 is 6.03 Å². The molecule has 0 saturated carbocycles. The van der Waals surface area contributed by atoms with Crippen LogP contribution in [0.2, 0.25) is 0 Å². The predicted octanol–water partition coefficient (Wildman–Crippen LogP) is 1.28. The summed E-state index contributed by atoms with van der Waals surface area (Å²) in [6.07, 6.45) is 4.49.